The quantitative estimate of drug-likeness (QED) is 0.357. The number of Topliss-reactive ketones (excluding diaryl/α,β-unsaturated/α-hetero) is 2. The summed E-state index contributed by atoms with van der Waals surface area (Å²) in [7, 11) is 0. The molecule has 11 atom stereocenters. The molecule has 182 valence electrons. The van der Waals surface area contributed by atoms with E-state index in [4.69, 9.17) is 9.47 Å². The minimum absolute atomic E-state index is 0.00614. The van der Waals surface area contributed by atoms with Gasteiger partial charge in [-0.3, -0.25) is 19.2 Å². The Morgan fingerprint density at radius 3 is 2.26 bits per heavy atom. The van der Waals surface area contributed by atoms with Crippen molar-refractivity contribution >= 4 is 23.5 Å². The van der Waals surface area contributed by atoms with Crippen molar-refractivity contribution in [3.05, 3.63) is 12.2 Å². The topological polar surface area (TPSA) is 86.7 Å². The van der Waals surface area contributed by atoms with Gasteiger partial charge in [-0.2, -0.15) is 0 Å². The molecule has 0 radical (unpaired) electrons. The molecule has 6 saturated carbocycles. The maximum Gasteiger partial charge on any atom is 0.309 e. The molecule has 0 amide bonds. The summed E-state index contributed by atoms with van der Waals surface area (Å²) >= 11 is 0. The highest BCUT2D eigenvalue weighted by Crippen LogP contribution is 2.64. The van der Waals surface area contributed by atoms with Crippen molar-refractivity contribution in [1.29, 1.82) is 0 Å². The van der Waals surface area contributed by atoms with Crippen molar-refractivity contribution in [3.63, 3.8) is 0 Å². The van der Waals surface area contributed by atoms with Crippen LogP contribution in [0.25, 0.3) is 0 Å². The van der Waals surface area contributed by atoms with E-state index in [0.29, 0.717) is 6.42 Å². The second-order valence-corrected chi connectivity index (χ2v) is 12.6. The average Bonchev–Trinajstić information content (AvgIpc) is 3.64. The molecule has 0 heterocycles. The minimum Gasteiger partial charge on any atom is -0.462 e. The van der Waals surface area contributed by atoms with Gasteiger partial charge in [0.05, 0.1) is 11.8 Å². The summed E-state index contributed by atoms with van der Waals surface area (Å²) in [6.45, 7) is 2.07. The molecule has 0 aromatic rings. The van der Waals surface area contributed by atoms with E-state index in [9.17, 15) is 19.2 Å². The van der Waals surface area contributed by atoms with Crippen LogP contribution in [-0.2, 0) is 28.7 Å². The summed E-state index contributed by atoms with van der Waals surface area (Å²) in [6.07, 6.45) is 12.1. The van der Waals surface area contributed by atoms with Gasteiger partial charge in [-0.15, -0.1) is 0 Å². The zero-order valence-corrected chi connectivity index (χ0v) is 19.8. The van der Waals surface area contributed by atoms with Gasteiger partial charge < -0.3 is 9.47 Å². The smallest absolute Gasteiger partial charge is 0.309 e. The first-order chi connectivity index (χ1) is 16.3. The minimum atomic E-state index is -0.398. The van der Waals surface area contributed by atoms with E-state index in [-0.39, 0.29) is 88.5 Å². The number of fused-ring (bicyclic) bond motifs is 11. The lowest BCUT2D eigenvalue weighted by atomic mass is 9.69. The Hall–Kier alpha value is -1.98. The number of rotatable bonds is 4. The van der Waals surface area contributed by atoms with Crippen LogP contribution in [0.5, 0.6) is 0 Å². The van der Waals surface area contributed by atoms with E-state index in [1.807, 2.05) is 12.2 Å². The molecule has 0 aliphatic heterocycles. The number of ether oxygens (including phenoxy) is 2. The van der Waals surface area contributed by atoms with Gasteiger partial charge in [0.1, 0.15) is 23.3 Å². The molecule has 6 nitrogen and oxygen atoms in total. The lowest BCUT2D eigenvalue weighted by Gasteiger charge is -2.36. The van der Waals surface area contributed by atoms with E-state index in [1.54, 1.807) is 0 Å². The molecular weight excluding hydrogens is 432 g/mol. The second kappa shape index (κ2) is 7.27. The zero-order valence-electron chi connectivity index (χ0n) is 19.8. The molecule has 7 aliphatic rings. The van der Waals surface area contributed by atoms with E-state index < -0.39 is 5.92 Å². The van der Waals surface area contributed by atoms with Gasteiger partial charge in [0.25, 0.3) is 0 Å². The SMILES string of the molecule is CC1(OC(=O)C2CC3CC2CC3OC(=O)C2CC3C(=O)C2C2C4C=CC(C4=O)C32)CCCCC1. The number of hydrogen-bond acceptors (Lipinski definition) is 6. The van der Waals surface area contributed by atoms with Gasteiger partial charge in [-0.05, 0) is 82.0 Å². The molecule has 7 rings (SSSR count). The fraction of sp³-hybridized carbons (Fsp3) is 0.786. The first-order valence-corrected chi connectivity index (χ1v) is 13.5. The Morgan fingerprint density at radius 1 is 0.824 bits per heavy atom. The van der Waals surface area contributed by atoms with Gasteiger partial charge >= 0.3 is 11.9 Å². The third-order valence-corrected chi connectivity index (χ3v) is 10.9. The molecule has 6 heteroatoms. The predicted octanol–water partition coefficient (Wildman–Crippen LogP) is 3.66. The van der Waals surface area contributed by atoms with E-state index >= 15 is 0 Å². The fourth-order valence-corrected chi connectivity index (χ4v) is 9.39. The van der Waals surface area contributed by atoms with Crippen LogP contribution in [0.4, 0.5) is 0 Å². The summed E-state index contributed by atoms with van der Waals surface area (Å²) in [5.74, 6) is -0.562. The number of ketones is 2. The van der Waals surface area contributed by atoms with Crippen LogP contribution in [-0.4, -0.2) is 35.2 Å². The first kappa shape index (κ1) is 21.3. The summed E-state index contributed by atoms with van der Waals surface area (Å²) in [5.41, 5.74) is -0.314. The summed E-state index contributed by atoms with van der Waals surface area (Å²) in [4.78, 5) is 51.8. The zero-order chi connectivity index (χ0) is 23.4. The van der Waals surface area contributed by atoms with Crippen molar-refractivity contribution in [2.24, 2.45) is 59.2 Å². The van der Waals surface area contributed by atoms with Gasteiger partial charge in [-0.1, -0.05) is 18.6 Å². The Bertz CT molecular complexity index is 991. The van der Waals surface area contributed by atoms with Crippen LogP contribution in [0.3, 0.4) is 0 Å². The predicted molar refractivity (Wildman–Crippen MR) is 120 cm³/mol. The molecule has 7 aliphatic carbocycles. The molecule has 0 aromatic carbocycles. The standard InChI is InChI=1S/C28H34O6/c1-28(7-3-2-4-8-28)34-27(32)17-10-14-9-13(17)11-20(14)33-26(31)19-12-18-21-15-5-6-16(24(15)29)22(21)23(19)25(18)30/h5-6,13-23H,2-4,7-12H2,1H3. The van der Waals surface area contributed by atoms with Crippen LogP contribution in [0, 0.1) is 59.2 Å². The molecule has 34 heavy (non-hydrogen) atoms. The largest absolute Gasteiger partial charge is 0.462 e. The van der Waals surface area contributed by atoms with E-state index in [2.05, 4.69) is 6.92 Å². The van der Waals surface area contributed by atoms with Crippen LogP contribution in [0.2, 0.25) is 0 Å². The second-order valence-electron chi connectivity index (χ2n) is 12.6. The Kier molecular flexibility index (Phi) is 4.56. The number of hydrogen-bond donors (Lipinski definition) is 0. The van der Waals surface area contributed by atoms with E-state index in [0.717, 1.165) is 44.9 Å². The maximum atomic E-state index is 13.2. The lowest BCUT2D eigenvalue weighted by Crippen LogP contribution is -2.40. The van der Waals surface area contributed by atoms with Crippen LogP contribution < -0.4 is 0 Å². The molecule has 6 bridgehead atoms. The number of allylic oxidation sites excluding steroid dienone is 2. The number of esters is 2. The third-order valence-electron chi connectivity index (χ3n) is 10.9. The number of carbonyl (C=O) groups excluding carboxylic acids is 4. The van der Waals surface area contributed by atoms with Gasteiger partial charge in [-0.25, -0.2) is 0 Å². The molecule has 0 N–H and O–H groups in total. The molecule has 0 aromatic heterocycles. The average molecular weight is 467 g/mol. The highest BCUT2D eigenvalue weighted by molar-refractivity contribution is 6.01. The number of carbonyl (C=O) groups is 4. The van der Waals surface area contributed by atoms with Crippen molar-refractivity contribution < 1.29 is 28.7 Å². The molecule has 11 unspecified atom stereocenters. The van der Waals surface area contributed by atoms with Crippen LogP contribution in [0.15, 0.2) is 12.2 Å². The summed E-state index contributed by atoms with van der Waals surface area (Å²) in [5, 5.41) is 0. The van der Waals surface area contributed by atoms with Crippen molar-refractivity contribution in [2.45, 2.75) is 76.4 Å². The maximum absolute atomic E-state index is 13.2. The Labute approximate surface area is 200 Å². The highest BCUT2D eigenvalue weighted by atomic mass is 16.6. The Balaban J connectivity index is 0.980. The molecule has 0 spiro atoms. The van der Waals surface area contributed by atoms with Gasteiger partial charge in [0, 0.05) is 23.7 Å². The van der Waals surface area contributed by atoms with Gasteiger partial charge in [0.2, 0.25) is 0 Å². The van der Waals surface area contributed by atoms with Gasteiger partial charge in [0.15, 0.2) is 0 Å². The van der Waals surface area contributed by atoms with Crippen LogP contribution >= 0.6 is 0 Å². The van der Waals surface area contributed by atoms with Crippen molar-refractivity contribution in [1.82, 2.24) is 0 Å². The molecular formula is C28H34O6. The Morgan fingerprint density at radius 2 is 1.56 bits per heavy atom. The summed E-state index contributed by atoms with van der Waals surface area (Å²) in [6, 6.07) is 0. The third kappa shape index (κ3) is 2.86. The lowest BCUT2D eigenvalue weighted by molar-refractivity contribution is -0.170. The van der Waals surface area contributed by atoms with E-state index in [1.165, 1.54) is 6.42 Å². The first-order valence-electron chi connectivity index (χ1n) is 13.5. The normalized spacial score (nSPS) is 49.0. The van der Waals surface area contributed by atoms with Crippen molar-refractivity contribution in [3.8, 4) is 0 Å². The monoisotopic (exact) mass is 466 g/mol. The van der Waals surface area contributed by atoms with Crippen LogP contribution in [0.1, 0.15) is 64.7 Å². The molecule has 0 saturated heterocycles. The fourth-order valence-electron chi connectivity index (χ4n) is 9.39. The summed E-state index contributed by atoms with van der Waals surface area (Å²) < 4.78 is 12.1. The van der Waals surface area contributed by atoms with Crippen molar-refractivity contribution in [2.75, 3.05) is 0 Å². The molecule has 6 fully saturated rings. The highest BCUT2D eigenvalue weighted by Gasteiger charge is 2.70.